The van der Waals surface area contributed by atoms with Gasteiger partial charge in [-0.05, 0) is 37.3 Å². The second kappa shape index (κ2) is 7.65. The molecule has 0 unspecified atom stereocenters. The van der Waals surface area contributed by atoms with Crippen molar-refractivity contribution in [3.8, 4) is 0 Å². The Balaban J connectivity index is 1.25. The van der Waals surface area contributed by atoms with Gasteiger partial charge < -0.3 is 10.6 Å². The van der Waals surface area contributed by atoms with Crippen molar-refractivity contribution in [3.05, 3.63) is 48.4 Å². The van der Waals surface area contributed by atoms with Crippen LogP contribution in [0.5, 0.6) is 0 Å². The van der Waals surface area contributed by atoms with Gasteiger partial charge >= 0.3 is 0 Å². The summed E-state index contributed by atoms with van der Waals surface area (Å²) in [6, 6.07) is 4.03. The molecule has 9 heteroatoms. The zero-order valence-corrected chi connectivity index (χ0v) is 14.7. The molecule has 140 valence electrons. The van der Waals surface area contributed by atoms with E-state index in [0.717, 1.165) is 49.3 Å². The molecule has 2 atom stereocenters. The SMILES string of the molecule is O=C1N[C@H](CNc2ncc(F)cn2)C[C@@H]1CCCc1cccn2ncnc12. The third-order valence-electron chi connectivity index (χ3n) is 4.80. The van der Waals surface area contributed by atoms with E-state index in [0.29, 0.717) is 12.5 Å². The molecular formula is C18H20FN7O. The van der Waals surface area contributed by atoms with Crippen molar-refractivity contribution in [2.45, 2.75) is 31.7 Å². The number of anilines is 1. The molecule has 4 heterocycles. The van der Waals surface area contributed by atoms with Crippen LogP contribution in [0.1, 0.15) is 24.8 Å². The first kappa shape index (κ1) is 17.3. The van der Waals surface area contributed by atoms with Gasteiger partial charge in [0.05, 0.1) is 12.4 Å². The van der Waals surface area contributed by atoms with E-state index in [9.17, 15) is 9.18 Å². The molecule has 4 rings (SSSR count). The van der Waals surface area contributed by atoms with Crippen LogP contribution in [0.25, 0.3) is 5.65 Å². The molecule has 1 amide bonds. The van der Waals surface area contributed by atoms with Gasteiger partial charge in [0.2, 0.25) is 11.9 Å². The Hall–Kier alpha value is -3.10. The summed E-state index contributed by atoms with van der Waals surface area (Å²) in [4.78, 5) is 24.2. The molecule has 2 N–H and O–H groups in total. The average molecular weight is 369 g/mol. The second-order valence-electron chi connectivity index (χ2n) is 6.70. The molecule has 1 aliphatic rings. The lowest BCUT2D eigenvalue weighted by molar-refractivity contribution is -0.122. The van der Waals surface area contributed by atoms with Crippen LogP contribution in [-0.4, -0.2) is 43.1 Å². The summed E-state index contributed by atoms with van der Waals surface area (Å²) in [5.41, 5.74) is 2.01. The van der Waals surface area contributed by atoms with Crippen molar-refractivity contribution >= 4 is 17.5 Å². The van der Waals surface area contributed by atoms with E-state index in [4.69, 9.17) is 0 Å². The number of fused-ring (bicyclic) bond motifs is 1. The van der Waals surface area contributed by atoms with E-state index in [1.807, 2.05) is 18.3 Å². The summed E-state index contributed by atoms with van der Waals surface area (Å²) in [6.45, 7) is 0.521. The van der Waals surface area contributed by atoms with Gasteiger partial charge in [-0.15, -0.1) is 0 Å². The highest BCUT2D eigenvalue weighted by Gasteiger charge is 2.31. The minimum absolute atomic E-state index is 0.00328. The van der Waals surface area contributed by atoms with E-state index < -0.39 is 5.82 Å². The van der Waals surface area contributed by atoms with Crippen molar-refractivity contribution in [2.24, 2.45) is 5.92 Å². The third-order valence-corrected chi connectivity index (χ3v) is 4.80. The fraction of sp³-hybridized carbons (Fsp3) is 0.389. The molecule has 3 aromatic heterocycles. The summed E-state index contributed by atoms with van der Waals surface area (Å²) in [5, 5.41) is 10.2. The van der Waals surface area contributed by atoms with E-state index in [-0.39, 0.29) is 17.9 Å². The molecule has 1 aliphatic heterocycles. The summed E-state index contributed by atoms with van der Waals surface area (Å²) in [6.07, 6.45) is 9.00. The molecule has 0 saturated carbocycles. The maximum absolute atomic E-state index is 12.8. The second-order valence-corrected chi connectivity index (χ2v) is 6.70. The fourth-order valence-corrected chi connectivity index (χ4v) is 3.47. The van der Waals surface area contributed by atoms with Crippen LogP contribution < -0.4 is 10.6 Å². The Morgan fingerprint density at radius 2 is 2.15 bits per heavy atom. The van der Waals surface area contributed by atoms with Crippen LogP contribution in [0.2, 0.25) is 0 Å². The van der Waals surface area contributed by atoms with Crippen LogP contribution in [0.4, 0.5) is 10.3 Å². The minimum atomic E-state index is -0.475. The predicted molar refractivity (Wildman–Crippen MR) is 96.4 cm³/mol. The zero-order chi connectivity index (χ0) is 18.6. The van der Waals surface area contributed by atoms with Crippen molar-refractivity contribution in [1.82, 2.24) is 29.9 Å². The van der Waals surface area contributed by atoms with Crippen molar-refractivity contribution in [1.29, 1.82) is 0 Å². The Morgan fingerprint density at radius 1 is 1.30 bits per heavy atom. The number of rotatable bonds is 7. The summed E-state index contributed by atoms with van der Waals surface area (Å²) < 4.78 is 14.6. The molecule has 0 aliphatic carbocycles. The Morgan fingerprint density at radius 3 is 3.00 bits per heavy atom. The third kappa shape index (κ3) is 4.02. The van der Waals surface area contributed by atoms with Crippen LogP contribution in [0.3, 0.4) is 0 Å². The number of nitrogens with one attached hydrogen (secondary N) is 2. The highest BCUT2D eigenvalue weighted by Crippen LogP contribution is 2.22. The van der Waals surface area contributed by atoms with Crippen LogP contribution in [0, 0.1) is 11.7 Å². The number of amides is 1. The summed E-state index contributed by atoms with van der Waals surface area (Å²) in [7, 11) is 0. The van der Waals surface area contributed by atoms with Crippen molar-refractivity contribution < 1.29 is 9.18 Å². The smallest absolute Gasteiger partial charge is 0.223 e. The van der Waals surface area contributed by atoms with Crippen molar-refractivity contribution in [2.75, 3.05) is 11.9 Å². The molecule has 3 aromatic rings. The van der Waals surface area contributed by atoms with Gasteiger partial charge in [0.15, 0.2) is 11.5 Å². The molecule has 1 saturated heterocycles. The first-order valence-electron chi connectivity index (χ1n) is 8.98. The number of hydrogen-bond donors (Lipinski definition) is 2. The lowest BCUT2D eigenvalue weighted by Gasteiger charge is -2.11. The number of pyridine rings is 1. The molecule has 8 nitrogen and oxygen atoms in total. The normalized spacial score (nSPS) is 19.4. The van der Waals surface area contributed by atoms with Crippen molar-refractivity contribution in [3.63, 3.8) is 0 Å². The van der Waals surface area contributed by atoms with Gasteiger partial charge in [0, 0.05) is 24.7 Å². The Bertz CT molecular complexity index is 927. The standard InChI is InChI=1S/C18H20FN7O/c19-14-8-20-18(21-9-14)22-10-15-7-13(17(27)25-15)4-1-3-12-5-2-6-26-16(12)23-11-24-26/h2,5-6,8-9,11,13,15H,1,3-4,7,10H2,(H,25,27)(H,20,21,22)/t13-,15-/m0/s1. The van der Waals surface area contributed by atoms with E-state index in [1.54, 1.807) is 10.8 Å². The number of aromatic nitrogens is 5. The largest absolute Gasteiger partial charge is 0.352 e. The quantitative estimate of drug-likeness (QED) is 0.657. The summed E-state index contributed by atoms with van der Waals surface area (Å²) >= 11 is 0. The Kier molecular flexibility index (Phi) is 4.91. The monoisotopic (exact) mass is 369 g/mol. The molecule has 0 aromatic carbocycles. The van der Waals surface area contributed by atoms with Gasteiger partial charge in [-0.2, -0.15) is 5.10 Å². The lowest BCUT2D eigenvalue weighted by Crippen LogP contribution is -2.32. The highest BCUT2D eigenvalue weighted by atomic mass is 19.1. The highest BCUT2D eigenvalue weighted by molar-refractivity contribution is 5.81. The molecule has 0 bridgehead atoms. The van der Waals surface area contributed by atoms with Gasteiger partial charge in [-0.25, -0.2) is 23.9 Å². The van der Waals surface area contributed by atoms with Gasteiger partial charge in [-0.3, -0.25) is 4.79 Å². The predicted octanol–water partition coefficient (Wildman–Crippen LogP) is 1.60. The molecule has 0 radical (unpaired) electrons. The number of hydrogen-bond acceptors (Lipinski definition) is 6. The molecular weight excluding hydrogens is 349 g/mol. The molecule has 0 spiro atoms. The number of nitrogens with zero attached hydrogens (tertiary/aromatic N) is 5. The minimum Gasteiger partial charge on any atom is -0.352 e. The van der Waals surface area contributed by atoms with Gasteiger partial charge in [0.1, 0.15) is 6.33 Å². The Labute approximate surface area is 155 Å². The van der Waals surface area contributed by atoms with Gasteiger partial charge in [0.25, 0.3) is 0 Å². The van der Waals surface area contributed by atoms with E-state index in [1.165, 1.54) is 0 Å². The number of aryl methyl sites for hydroxylation is 1. The van der Waals surface area contributed by atoms with Crippen LogP contribution in [0.15, 0.2) is 37.1 Å². The lowest BCUT2D eigenvalue weighted by atomic mass is 9.97. The molecule has 27 heavy (non-hydrogen) atoms. The molecule has 1 fully saturated rings. The number of halogens is 1. The van der Waals surface area contributed by atoms with E-state index in [2.05, 4.69) is 30.7 Å². The number of carbonyl (C=O) groups excluding carboxylic acids is 1. The topological polar surface area (TPSA) is 97.1 Å². The average Bonchev–Trinajstić information content (AvgIpc) is 3.28. The zero-order valence-electron chi connectivity index (χ0n) is 14.7. The van der Waals surface area contributed by atoms with Gasteiger partial charge in [-0.1, -0.05) is 6.07 Å². The van der Waals surface area contributed by atoms with Crippen LogP contribution >= 0.6 is 0 Å². The van der Waals surface area contributed by atoms with Crippen LogP contribution in [-0.2, 0) is 11.2 Å². The summed E-state index contributed by atoms with van der Waals surface area (Å²) in [5.74, 6) is -0.0295. The fourth-order valence-electron chi connectivity index (χ4n) is 3.47. The maximum Gasteiger partial charge on any atom is 0.223 e. The first-order valence-corrected chi connectivity index (χ1v) is 8.98. The first-order chi connectivity index (χ1) is 13.2. The number of carbonyl (C=O) groups is 1. The maximum atomic E-state index is 12.8. The van der Waals surface area contributed by atoms with E-state index >= 15 is 0 Å².